The predicted octanol–water partition coefficient (Wildman–Crippen LogP) is 3.51. The van der Waals surface area contributed by atoms with Gasteiger partial charge in [0.2, 0.25) is 17.8 Å². The Kier molecular flexibility index (Phi) is 11.4. The third-order valence-electron chi connectivity index (χ3n) is 4.76. The van der Waals surface area contributed by atoms with Gasteiger partial charge in [-0.2, -0.15) is 4.98 Å². The van der Waals surface area contributed by atoms with E-state index in [1.165, 1.54) is 0 Å². The highest BCUT2D eigenvalue weighted by molar-refractivity contribution is 5.93. The molecule has 10 heteroatoms. The zero-order chi connectivity index (χ0) is 27.3. The van der Waals surface area contributed by atoms with Gasteiger partial charge in [0.05, 0.1) is 18.2 Å². The topological polar surface area (TPSA) is 148 Å². The van der Waals surface area contributed by atoms with Crippen molar-refractivity contribution in [2.75, 3.05) is 23.7 Å². The van der Waals surface area contributed by atoms with Gasteiger partial charge in [-0.05, 0) is 57.9 Å². The van der Waals surface area contributed by atoms with Crippen LogP contribution in [0.5, 0.6) is 0 Å². The minimum atomic E-state index is -0.556. The molecule has 1 heterocycles. The Hall–Kier alpha value is -4.13. The monoisotopic (exact) mass is 508 g/mol. The van der Waals surface area contributed by atoms with Crippen LogP contribution in [0.3, 0.4) is 0 Å². The highest BCUT2D eigenvalue weighted by Gasteiger charge is 2.16. The van der Waals surface area contributed by atoms with E-state index in [2.05, 4.69) is 44.7 Å². The Balaban J connectivity index is 1.86. The Labute approximate surface area is 218 Å². The van der Waals surface area contributed by atoms with Crippen LogP contribution >= 0.6 is 0 Å². The third kappa shape index (κ3) is 11.4. The van der Waals surface area contributed by atoms with Crippen LogP contribution in [-0.4, -0.2) is 46.4 Å². The van der Waals surface area contributed by atoms with E-state index in [4.69, 9.17) is 10.5 Å². The molecular formula is C27H36N6O4. The lowest BCUT2D eigenvalue weighted by molar-refractivity contribution is -0.155. The van der Waals surface area contributed by atoms with Gasteiger partial charge in [-0.3, -0.25) is 14.4 Å². The summed E-state index contributed by atoms with van der Waals surface area (Å²) < 4.78 is 5.20. The number of esters is 1. The molecule has 0 aliphatic carbocycles. The fraction of sp³-hybridized carbons (Fsp3) is 0.444. The summed E-state index contributed by atoms with van der Waals surface area (Å²) in [6, 6.07) is 6.72. The van der Waals surface area contributed by atoms with E-state index >= 15 is 0 Å². The second kappa shape index (κ2) is 14.4. The molecule has 1 aromatic carbocycles. The van der Waals surface area contributed by atoms with Crippen molar-refractivity contribution in [3.05, 3.63) is 41.6 Å². The highest BCUT2D eigenvalue weighted by atomic mass is 16.6. The molecule has 2 amide bonds. The van der Waals surface area contributed by atoms with Crippen molar-refractivity contribution in [3.8, 4) is 11.8 Å². The fourth-order valence-electron chi connectivity index (χ4n) is 3.02. The first kappa shape index (κ1) is 29.1. The van der Waals surface area contributed by atoms with Gasteiger partial charge in [0.15, 0.2) is 0 Å². The molecule has 2 rings (SSSR count). The van der Waals surface area contributed by atoms with Gasteiger partial charge in [-0.1, -0.05) is 18.8 Å². The van der Waals surface area contributed by atoms with Gasteiger partial charge in [0.25, 0.3) is 0 Å². The number of anilines is 3. The summed E-state index contributed by atoms with van der Waals surface area (Å²) in [6.45, 7) is 8.63. The Morgan fingerprint density at radius 2 is 1.81 bits per heavy atom. The molecule has 0 spiro atoms. The zero-order valence-electron chi connectivity index (χ0n) is 21.9. The van der Waals surface area contributed by atoms with Crippen molar-refractivity contribution >= 4 is 35.2 Å². The molecule has 2 aromatic rings. The molecule has 0 aliphatic heterocycles. The van der Waals surface area contributed by atoms with Crippen LogP contribution in [0.4, 0.5) is 17.5 Å². The third-order valence-corrected chi connectivity index (χ3v) is 4.76. The Morgan fingerprint density at radius 3 is 2.46 bits per heavy atom. The van der Waals surface area contributed by atoms with Crippen LogP contribution in [0.2, 0.25) is 0 Å². The number of unbranched alkanes of at least 4 members (excludes halogenated alkanes) is 1. The molecule has 0 bridgehead atoms. The lowest BCUT2D eigenvalue weighted by Crippen LogP contribution is -2.27. The molecule has 0 fully saturated rings. The molecule has 37 heavy (non-hydrogen) atoms. The first-order chi connectivity index (χ1) is 17.6. The molecule has 5 N–H and O–H groups in total. The quantitative estimate of drug-likeness (QED) is 0.193. The minimum Gasteiger partial charge on any atom is -0.460 e. The average Bonchev–Trinajstić information content (AvgIpc) is 2.83. The van der Waals surface area contributed by atoms with Crippen molar-refractivity contribution in [1.82, 2.24) is 15.3 Å². The molecule has 0 unspecified atom stereocenters. The first-order valence-electron chi connectivity index (χ1n) is 12.3. The predicted molar refractivity (Wildman–Crippen MR) is 143 cm³/mol. The molecule has 1 aromatic heterocycles. The number of carbonyl (C=O) groups excluding carboxylic acids is 3. The van der Waals surface area contributed by atoms with Gasteiger partial charge in [0, 0.05) is 37.2 Å². The van der Waals surface area contributed by atoms with Gasteiger partial charge < -0.3 is 26.4 Å². The number of benzene rings is 1. The fourth-order valence-corrected chi connectivity index (χ4v) is 3.02. The van der Waals surface area contributed by atoms with Crippen LogP contribution in [0, 0.1) is 11.8 Å². The van der Waals surface area contributed by atoms with E-state index in [-0.39, 0.29) is 24.7 Å². The SMILES string of the molecule is CCCNc1nc(Nc2ccc(C(N)=O)cc2)ncc1C#CCCCNC(=O)CCC(=O)OC(C)(C)C. The van der Waals surface area contributed by atoms with Gasteiger partial charge >= 0.3 is 5.97 Å². The van der Waals surface area contributed by atoms with Crippen LogP contribution in [0.15, 0.2) is 30.5 Å². The number of hydrogen-bond donors (Lipinski definition) is 4. The van der Waals surface area contributed by atoms with Crippen molar-refractivity contribution < 1.29 is 19.1 Å². The summed E-state index contributed by atoms with van der Waals surface area (Å²) in [5.74, 6) is 6.14. The summed E-state index contributed by atoms with van der Waals surface area (Å²) in [5, 5.41) is 9.17. The number of nitrogens with zero attached hydrogens (tertiary/aromatic N) is 2. The number of ether oxygens (including phenoxy) is 1. The van der Waals surface area contributed by atoms with E-state index < -0.39 is 11.5 Å². The second-order valence-corrected chi connectivity index (χ2v) is 9.29. The van der Waals surface area contributed by atoms with E-state index in [1.807, 2.05) is 0 Å². The largest absolute Gasteiger partial charge is 0.460 e. The number of hydrogen-bond acceptors (Lipinski definition) is 8. The molecule has 198 valence electrons. The summed E-state index contributed by atoms with van der Waals surface area (Å²) in [7, 11) is 0. The first-order valence-corrected chi connectivity index (χ1v) is 12.3. The summed E-state index contributed by atoms with van der Waals surface area (Å²) in [5.41, 5.74) is 6.53. The molecular weight excluding hydrogens is 472 g/mol. The summed E-state index contributed by atoms with van der Waals surface area (Å²) in [6.07, 6.45) is 3.97. The summed E-state index contributed by atoms with van der Waals surface area (Å²) in [4.78, 5) is 43.7. The number of aromatic nitrogens is 2. The number of rotatable bonds is 12. The normalized spacial score (nSPS) is 10.6. The van der Waals surface area contributed by atoms with E-state index in [1.54, 1.807) is 51.2 Å². The molecule has 10 nitrogen and oxygen atoms in total. The smallest absolute Gasteiger partial charge is 0.306 e. The average molecular weight is 509 g/mol. The second-order valence-electron chi connectivity index (χ2n) is 9.29. The molecule has 0 saturated carbocycles. The molecule has 0 saturated heterocycles. The van der Waals surface area contributed by atoms with Crippen LogP contribution in [-0.2, 0) is 14.3 Å². The van der Waals surface area contributed by atoms with E-state index in [9.17, 15) is 14.4 Å². The van der Waals surface area contributed by atoms with Crippen LogP contribution in [0.1, 0.15) is 75.7 Å². The van der Waals surface area contributed by atoms with Crippen LogP contribution < -0.4 is 21.7 Å². The Bertz CT molecular complexity index is 1130. The van der Waals surface area contributed by atoms with E-state index in [0.29, 0.717) is 42.3 Å². The minimum absolute atomic E-state index is 0.0555. The number of nitrogens with two attached hydrogens (primary N) is 1. The lowest BCUT2D eigenvalue weighted by atomic mass is 10.2. The van der Waals surface area contributed by atoms with Crippen LogP contribution in [0.25, 0.3) is 0 Å². The van der Waals surface area contributed by atoms with Gasteiger partial charge in [-0.25, -0.2) is 4.98 Å². The zero-order valence-corrected chi connectivity index (χ0v) is 21.9. The van der Waals surface area contributed by atoms with Crippen molar-refractivity contribution in [2.45, 2.75) is 65.4 Å². The lowest BCUT2D eigenvalue weighted by Gasteiger charge is -2.19. The maximum atomic E-state index is 11.9. The van der Waals surface area contributed by atoms with Crippen molar-refractivity contribution in [1.29, 1.82) is 0 Å². The van der Waals surface area contributed by atoms with Gasteiger partial charge in [-0.15, -0.1) is 0 Å². The van der Waals surface area contributed by atoms with Gasteiger partial charge in [0.1, 0.15) is 11.4 Å². The maximum absolute atomic E-state index is 11.9. The highest BCUT2D eigenvalue weighted by Crippen LogP contribution is 2.18. The number of primary amides is 1. The molecule has 0 radical (unpaired) electrons. The Morgan fingerprint density at radius 1 is 1.08 bits per heavy atom. The number of nitrogens with one attached hydrogen (secondary N) is 3. The van der Waals surface area contributed by atoms with Crippen molar-refractivity contribution in [3.63, 3.8) is 0 Å². The summed E-state index contributed by atoms with van der Waals surface area (Å²) >= 11 is 0. The number of carbonyl (C=O) groups is 3. The maximum Gasteiger partial charge on any atom is 0.306 e. The van der Waals surface area contributed by atoms with Crippen molar-refractivity contribution in [2.24, 2.45) is 5.73 Å². The molecule has 0 atom stereocenters. The standard InChI is InChI=1S/C27H36N6O4/c1-5-16-30-25-20(18-31-26(33-25)32-21-12-10-19(11-13-21)24(28)36)9-7-6-8-17-29-22(34)14-15-23(35)37-27(2,3)4/h10-13,18H,5-6,8,14-17H2,1-4H3,(H2,28,36)(H,29,34)(H2,30,31,32,33). The number of amides is 2. The molecule has 0 aliphatic rings. The van der Waals surface area contributed by atoms with E-state index in [0.717, 1.165) is 18.7 Å².